The maximum absolute atomic E-state index is 11.1. The Balaban J connectivity index is 2.43. The monoisotopic (exact) mass is 260 g/mol. The van der Waals surface area contributed by atoms with Gasteiger partial charge in [-0.05, 0) is 31.4 Å². The van der Waals surface area contributed by atoms with Crippen LogP contribution in [-0.4, -0.2) is 12.6 Å². The number of hydrogen-bond acceptors (Lipinski definition) is 2. The van der Waals surface area contributed by atoms with Gasteiger partial charge in [0.15, 0.2) is 0 Å². The van der Waals surface area contributed by atoms with Crippen molar-refractivity contribution in [2.24, 2.45) is 0 Å². The van der Waals surface area contributed by atoms with Crippen molar-refractivity contribution in [1.82, 2.24) is 0 Å². The van der Waals surface area contributed by atoms with Crippen molar-refractivity contribution in [3.63, 3.8) is 0 Å². The molecule has 1 rings (SSSR count). The smallest absolute Gasteiger partial charge is 0.305 e. The van der Waals surface area contributed by atoms with Gasteiger partial charge in [-0.25, -0.2) is 0 Å². The number of carbonyl (C=O) groups is 1. The molecule has 0 aromatic heterocycles. The highest BCUT2D eigenvalue weighted by Gasteiger charge is 2.06. The number of aryl methyl sites for hydroxylation is 1. The molecule has 0 heterocycles. The highest BCUT2D eigenvalue weighted by atomic mass is 35.5. The average molecular weight is 261 g/mol. The van der Waals surface area contributed by atoms with Crippen LogP contribution in [0.25, 0.3) is 0 Å². The molecule has 1 aromatic carbocycles. The lowest BCUT2D eigenvalue weighted by Gasteiger charge is -2.05. The van der Waals surface area contributed by atoms with Gasteiger partial charge in [-0.15, -0.1) is 0 Å². The van der Waals surface area contributed by atoms with Crippen LogP contribution in [0.4, 0.5) is 0 Å². The molecule has 0 aliphatic carbocycles. The Morgan fingerprint density at radius 1 is 1.38 bits per heavy atom. The molecule has 4 heteroatoms. The van der Waals surface area contributed by atoms with Gasteiger partial charge in [0.25, 0.3) is 0 Å². The third-order valence-electron chi connectivity index (χ3n) is 2.16. The second-order valence-electron chi connectivity index (χ2n) is 3.37. The predicted octanol–water partition coefficient (Wildman–Crippen LogP) is 3.88. The summed E-state index contributed by atoms with van der Waals surface area (Å²) in [6.07, 6.45) is 1.87. The molecule has 2 nitrogen and oxygen atoms in total. The standard InChI is InChI=1S/C12H14Cl2O2/c1-2-16-11(15)8-4-6-9-5-3-7-10(13)12(9)14/h3,5,7H,2,4,6,8H2,1H3. The molecule has 0 fully saturated rings. The van der Waals surface area contributed by atoms with Crippen molar-refractivity contribution < 1.29 is 9.53 Å². The van der Waals surface area contributed by atoms with Crippen LogP contribution in [-0.2, 0) is 16.0 Å². The molecule has 0 amide bonds. The molecule has 0 saturated carbocycles. The lowest BCUT2D eigenvalue weighted by molar-refractivity contribution is -0.143. The molecule has 1 aromatic rings. The third kappa shape index (κ3) is 4.03. The van der Waals surface area contributed by atoms with Crippen LogP contribution in [0, 0.1) is 0 Å². The van der Waals surface area contributed by atoms with E-state index in [9.17, 15) is 4.79 Å². The SMILES string of the molecule is CCOC(=O)CCCc1cccc(Cl)c1Cl. The van der Waals surface area contributed by atoms with Gasteiger partial charge in [0.05, 0.1) is 16.7 Å². The molecule has 0 bridgehead atoms. The van der Waals surface area contributed by atoms with Gasteiger partial charge in [0.1, 0.15) is 0 Å². The largest absolute Gasteiger partial charge is 0.466 e. The maximum atomic E-state index is 11.1. The molecule has 0 N–H and O–H groups in total. The van der Waals surface area contributed by atoms with E-state index in [2.05, 4.69) is 0 Å². The molecule has 0 aliphatic heterocycles. The summed E-state index contributed by atoms with van der Waals surface area (Å²) in [6, 6.07) is 5.52. The molecular weight excluding hydrogens is 247 g/mol. The highest BCUT2D eigenvalue weighted by molar-refractivity contribution is 6.42. The Kier molecular flexibility index (Phi) is 5.64. The average Bonchev–Trinajstić information content (AvgIpc) is 2.25. The van der Waals surface area contributed by atoms with Crippen molar-refractivity contribution in [2.75, 3.05) is 6.61 Å². The van der Waals surface area contributed by atoms with Crippen LogP contribution >= 0.6 is 23.2 Å². The van der Waals surface area contributed by atoms with E-state index >= 15 is 0 Å². The summed E-state index contributed by atoms with van der Waals surface area (Å²) in [5.74, 6) is -0.166. The number of ether oxygens (including phenoxy) is 1. The zero-order valence-corrected chi connectivity index (χ0v) is 10.6. The minimum absolute atomic E-state index is 0.166. The van der Waals surface area contributed by atoms with Crippen molar-refractivity contribution in [1.29, 1.82) is 0 Å². The van der Waals surface area contributed by atoms with Crippen molar-refractivity contribution in [3.8, 4) is 0 Å². The Morgan fingerprint density at radius 3 is 2.81 bits per heavy atom. The van der Waals surface area contributed by atoms with E-state index in [0.29, 0.717) is 23.1 Å². The predicted molar refractivity (Wildman–Crippen MR) is 66.0 cm³/mol. The summed E-state index contributed by atoms with van der Waals surface area (Å²) in [7, 11) is 0. The first-order valence-electron chi connectivity index (χ1n) is 5.23. The number of halogens is 2. The van der Waals surface area contributed by atoms with Crippen molar-refractivity contribution >= 4 is 29.2 Å². The van der Waals surface area contributed by atoms with E-state index in [0.717, 1.165) is 18.4 Å². The quantitative estimate of drug-likeness (QED) is 0.752. The van der Waals surface area contributed by atoms with Gasteiger partial charge in [0.2, 0.25) is 0 Å². The molecule has 88 valence electrons. The molecule has 0 radical (unpaired) electrons. The van der Waals surface area contributed by atoms with Crippen LogP contribution in [0.15, 0.2) is 18.2 Å². The fraction of sp³-hybridized carbons (Fsp3) is 0.417. The van der Waals surface area contributed by atoms with Crippen LogP contribution in [0.3, 0.4) is 0 Å². The van der Waals surface area contributed by atoms with E-state index in [1.807, 2.05) is 12.1 Å². The fourth-order valence-corrected chi connectivity index (χ4v) is 1.81. The summed E-state index contributed by atoms with van der Waals surface area (Å²) in [6.45, 7) is 2.22. The summed E-state index contributed by atoms with van der Waals surface area (Å²) < 4.78 is 4.84. The molecule has 0 saturated heterocycles. The zero-order valence-electron chi connectivity index (χ0n) is 9.13. The number of rotatable bonds is 5. The summed E-state index contributed by atoms with van der Waals surface area (Å²) in [5, 5.41) is 1.13. The number of esters is 1. The topological polar surface area (TPSA) is 26.3 Å². The summed E-state index contributed by atoms with van der Waals surface area (Å²) in [5.41, 5.74) is 0.971. The van der Waals surface area contributed by atoms with Crippen LogP contribution in [0.2, 0.25) is 10.0 Å². The first kappa shape index (κ1) is 13.3. The Labute approximate surface area is 106 Å². The van der Waals surface area contributed by atoms with Gasteiger partial charge in [-0.1, -0.05) is 35.3 Å². The van der Waals surface area contributed by atoms with Crippen LogP contribution in [0.1, 0.15) is 25.3 Å². The molecule has 0 aliphatic rings. The van der Waals surface area contributed by atoms with Crippen LogP contribution in [0.5, 0.6) is 0 Å². The van der Waals surface area contributed by atoms with Crippen molar-refractivity contribution in [2.45, 2.75) is 26.2 Å². The van der Waals surface area contributed by atoms with E-state index in [4.69, 9.17) is 27.9 Å². The lowest BCUT2D eigenvalue weighted by atomic mass is 10.1. The van der Waals surface area contributed by atoms with Gasteiger partial charge < -0.3 is 4.74 Å². The van der Waals surface area contributed by atoms with E-state index in [-0.39, 0.29) is 5.97 Å². The van der Waals surface area contributed by atoms with Crippen LogP contribution < -0.4 is 0 Å². The second-order valence-corrected chi connectivity index (χ2v) is 4.16. The van der Waals surface area contributed by atoms with E-state index in [1.54, 1.807) is 13.0 Å². The molecular formula is C12H14Cl2O2. The molecule has 0 atom stereocenters. The number of carbonyl (C=O) groups excluding carboxylic acids is 1. The summed E-state index contributed by atoms with van der Waals surface area (Å²) in [4.78, 5) is 11.1. The first-order valence-corrected chi connectivity index (χ1v) is 5.99. The molecule has 0 unspecified atom stereocenters. The minimum atomic E-state index is -0.166. The van der Waals surface area contributed by atoms with Gasteiger partial charge >= 0.3 is 5.97 Å². The second kappa shape index (κ2) is 6.77. The number of hydrogen-bond donors (Lipinski definition) is 0. The van der Waals surface area contributed by atoms with Gasteiger partial charge in [-0.3, -0.25) is 4.79 Å². The van der Waals surface area contributed by atoms with Crippen molar-refractivity contribution in [3.05, 3.63) is 33.8 Å². The number of benzene rings is 1. The lowest BCUT2D eigenvalue weighted by Crippen LogP contribution is -2.04. The molecule has 0 spiro atoms. The summed E-state index contributed by atoms with van der Waals surface area (Å²) >= 11 is 11.9. The zero-order chi connectivity index (χ0) is 12.0. The first-order chi connectivity index (χ1) is 7.65. The van der Waals surface area contributed by atoms with E-state index < -0.39 is 0 Å². The van der Waals surface area contributed by atoms with Gasteiger partial charge in [0, 0.05) is 6.42 Å². The Bertz CT molecular complexity index is 364. The normalized spacial score (nSPS) is 10.2. The highest BCUT2D eigenvalue weighted by Crippen LogP contribution is 2.26. The fourth-order valence-electron chi connectivity index (χ4n) is 1.40. The van der Waals surface area contributed by atoms with Gasteiger partial charge in [-0.2, -0.15) is 0 Å². The third-order valence-corrected chi connectivity index (χ3v) is 3.02. The van der Waals surface area contributed by atoms with E-state index in [1.165, 1.54) is 0 Å². The Morgan fingerprint density at radius 2 is 2.12 bits per heavy atom. The Hall–Kier alpha value is -0.730. The minimum Gasteiger partial charge on any atom is -0.466 e. The maximum Gasteiger partial charge on any atom is 0.305 e. The molecule has 16 heavy (non-hydrogen) atoms.